The van der Waals surface area contributed by atoms with Crippen LogP contribution in [0.5, 0.6) is 0 Å². The lowest BCUT2D eigenvalue weighted by molar-refractivity contribution is 0.0743. The van der Waals surface area contributed by atoms with Crippen LogP contribution in [-0.2, 0) is 11.2 Å². The lowest BCUT2D eigenvalue weighted by Crippen LogP contribution is -2.41. The average Bonchev–Trinajstić information content (AvgIpc) is 2.38. The van der Waals surface area contributed by atoms with Crippen LogP contribution in [0.1, 0.15) is 12.0 Å². The molecule has 0 bridgehead atoms. The minimum absolute atomic E-state index is 0.536. The Kier molecular flexibility index (Phi) is 4.69. The van der Waals surface area contributed by atoms with Crippen molar-refractivity contribution in [3.8, 4) is 0 Å². The summed E-state index contributed by atoms with van der Waals surface area (Å²) in [6.07, 6.45) is 4.41. The highest BCUT2D eigenvalue weighted by atomic mass is 32.2. The minimum Gasteiger partial charge on any atom is -0.379 e. The van der Waals surface area contributed by atoms with Crippen molar-refractivity contribution in [3.05, 3.63) is 29.8 Å². The molecule has 1 fully saturated rings. The molecule has 3 heteroatoms. The third kappa shape index (κ3) is 3.51. The molecule has 1 heterocycles. The zero-order chi connectivity index (χ0) is 11.2. The van der Waals surface area contributed by atoms with Gasteiger partial charge in [0.1, 0.15) is 0 Å². The third-order valence-corrected chi connectivity index (χ3v) is 3.68. The predicted octanol–water partition coefficient (Wildman–Crippen LogP) is 2.33. The Morgan fingerprint density at radius 1 is 1.38 bits per heavy atom. The van der Waals surface area contributed by atoms with E-state index in [2.05, 4.69) is 35.8 Å². The van der Waals surface area contributed by atoms with Crippen molar-refractivity contribution in [1.82, 2.24) is 5.32 Å². The first kappa shape index (κ1) is 12.0. The van der Waals surface area contributed by atoms with E-state index in [1.807, 2.05) is 0 Å². The van der Waals surface area contributed by atoms with Gasteiger partial charge in [-0.1, -0.05) is 12.1 Å². The van der Waals surface area contributed by atoms with Gasteiger partial charge < -0.3 is 10.1 Å². The van der Waals surface area contributed by atoms with Gasteiger partial charge in [0.05, 0.1) is 13.2 Å². The van der Waals surface area contributed by atoms with Gasteiger partial charge in [-0.2, -0.15) is 0 Å². The Morgan fingerprint density at radius 3 is 2.81 bits per heavy atom. The topological polar surface area (TPSA) is 21.3 Å². The lowest BCUT2D eigenvalue weighted by Gasteiger charge is -2.23. The normalized spacial score (nSPS) is 20.9. The Bertz CT molecular complexity index is 306. The second-order valence-corrected chi connectivity index (χ2v) is 4.99. The summed E-state index contributed by atoms with van der Waals surface area (Å²) < 4.78 is 5.44. The molecule has 0 aliphatic carbocycles. The Balaban J connectivity index is 1.79. The SMILES string of the molecule is CSc1ccc(CCC2COCCN2)cc1. The van der Waals surface area contributed by atoms with Crippen molar-refractivity contribution in [2.75, 3.05) is 26.0 Å². The fraction of sp³-hybridized carbons (Fsp3) is 0.538. The van der Waals surface area contributed by atoms with Crippen molar-refractivity contribution < 1.29 is 4.74 Å². The molecule has 0 saturated carbocycles. The maximum atomic E-state index is 5.44. The van der Waals surface area contributed by atoms with Crippen molar-refractivity contribution in [3.63, 3.8) is 0 Å². The van der Waals surface area contributed by atoms with Gasteiger partial charge in [-0.3, -0.25) is 0 Å². The summed E-state index contributed by atoms with van der Waals surface area (Å²) in [5.74, 6) is 0. The van der Waals surface area contributed by atoms with Crippen LogP contribution < -0.4 is 5.32 Å². The molecule has 2 nitrogen and oxygen atoms in total. The molecule has 0 spiro atoms. The minimum atomic E-state index is 0.536. The van der Waals surface area contributed by atoms with Crippen LogP contribution in [0, 0.1) is 0 Å². The van der Waals surface area contributed by atoms with Crippen LogP contribution in [0.25, 0.3) is 0 Å². The molecule has 2 rings (SSSR count). The molecule has 1 aliphatic rings. The maximum absolute atomic E-state index is 5.44. The molecule has 88 valence electrons. The number of benzene rings is 1. The molecule has 1 saturated heterocycles. The van der Waals surface area contributed by atoms with E-state index in [1.165, 1.54) is 16.9 Å². The average molecular weight is 237 g/mol. The molecule has 1 unspecified atom stereocenters. The number of hydrogen-bond acceptors (Lipinski definition) is 3. The molecule has 1 atom stereocenters. The van der Waals surface area contributed by atoms with Gasteiger partial charge in [0.2, 0.25) is 0 Å². The number of hydrogen-bond donors (Lipinski definition) is 1. The molecular weight excluding hydrogens is 218 g/mol. The second-order valence-electron chi connectivity index (χ2n) is 4.11. The standard InChI is InChI=1S/C13H19NOS/c1-16-13-6-3-11(4-7-13)2-5-12-10-15-9-8-14-12/h3-4,6-7,12,14H,2,5,8-10H2,1H3. The first-order valence-electron chi connectivity index (χ1n) is 5.82. The van der Waals surface area contributed by atoms with E-state index < -0.39 is 0 Å². The van der Waals surface area contributed by atoms with E-state index in [0.717, 1.165) is 26.2 Å². The van der Waals surface area contributed by atoms with Gasteiger partial charge in [0.15, 0.2) is 0 Å². The highest BCUT2D eigenvalue weighted by Crippen LogP contribution is 2.16. The summed E-state index contributed by atoms with van der Waals surface area (Å²) in [5, 5.41) is 3.48. The zero-order valence-corrected chi connectivity index (χ0v) is 10.6. The molecular formula is C13H19NOS. The molecule has 0 amide bonds. The summed E-state index contributed by atoms with van der Waals surface area (Å²) >= 11 is 1.79. The molecule has 1 aliphatic heterocycles. The second kappa shape index (κ2) is 6.28. The summed E-state index contributed by atoms with van der Waals surface area (Å²) in [6.45, 7) is 2.72. The quantitative estimate of drug-likeness (QED) is 0.812. The van der Waals surface area contributed by atoms with Crippen LogP contribution in [0.3, 0.4) is 0 Å². The van der Waals surface area contributed by atoms with Crippen molar-refractivity contribution >= 4 is 11.8 Å². The maximum Gasteiger partial charge on any atom is 0.0620 e. The molecule has 1 N–H and O–H groups in total. The largest absolute Gasteiger partial charge is 0.379 e. The number of thioether (sulfide) groups is 1. The van der Waals surface area contributed by atoms with Crippen molar-refractivity contribution in [2.45, 2.75) is 23.8 Å². The van der Waals surface area contributed by atoms with Gasteiger partial charge in [-0.25, -0.2) is 0 Å². The Morgan fingerprint density at radius 2 is 2.19 bits per heavy atom. The molecule has 16 heavy (non-hydrogen) atoms. The monoisotopic (exact) mass is 237 g/mol. The summed E-state index contributed by atoms with van der Waals surface area (Å²) in [4.78, 5) is 1.34. The van der Waals surface area contributed by atoms with E-state index in [-0.39, 0.29) is 0 Å². The van der Waals surface area contributed by atoms with Crippen LogP contribution in [0.4, 0.5) is 0 Å². The van der Waals surface area contributed by atoms with E-state index in [1.54, 1.807) is 11.8 Å². The van der Waals surface area contributed by atoms with Crippen LogP contribution in [-0.4, -0.2) is 32.1 Å². The van der Waals surface area contributed by atoms with E-state index in [4.69, 9.17) is 4.74 Å². The predicted molar refractivity (Wildman–Crippen MR) is 69.2 cm³/mol. The van der Waals surface area contributed by atoms with E-state index in [9.17, 15) is 0 Å². The number of morpholine rings is 1. The zero-order valence-electron chi connectivity index (χ0n) is 9.74. The van der Waals surface area contributed by atoms with Crippen LogP contribution in [0.2, 0.25) is 0 Å². The van der Waals surface area contributed by atoms with E-state index in [0.29, 0.717) is 6.04 Å². The molecule has 1 aromatic rings. The third-order valence-electron chi connectivity index (χ3n) is 2.94. The number of aryl methyl sites for hydroxylation is 1. The van der Waals surface area contributed by atoms with Gasteiger partial charge >= 0.3 is 0 Å². The lowest BCUT2D eigenvalue weighted by atomic mass is 10.1. The highest BCUT2D eigenvalue weighted by Gasteiger charge is 2.12. The Labute approximate surface area is 102 Å². The van der Waals surface area contributed by atoms with Crippen LogP contribution in [0.15, 0.2) is 29.2 Å². The van der Waals surface area contributed by atoms with Crippen LogP contribution >= 0.6 is 11.8 Å². The summed E-state index contributed by atoms with van der Waals surface area (Å²) in [6, 6.07) is 9.40. The Hall–Kier alpha value is -0.510. The molecule has 0 radical (unpaired) electrons. The summed E-state index contributed by atoms with van der Waals surface area (Å²) in [7, 11) is 0. The van der Waals surface area contributed by atoms with Crippen molar-refractivity contribution in [2.24, 2.45) is 0 Å². The molecule has 0 aromatic heterocycles. The van der Waals surface area contributed by atoms with Crippen molar-refractivity contribution in [1.29, 1.82) is 0 Å². The van der Waals surface area contributed by atoms with Gasteiger partial charge in [-0.05, 0) is 36.8 Å². The molecule has 1 aromatic carbocycles. The first-order valence-corrected chi connectivity index (χ1v) is 7.05. The van der Waals surface area contributed by atoms with Gasteiger partial charge in [-0.15, -0.1) is 11.8 Å². The fourth-order valence-corrected chi connectivity index (χ4v) is 2.35. The fourth-order valence-electron chi connectivity index (χ4n) is 1.94. The summed E-state index contributed by atoms with van der Waals surface area (Å²) in [5.41, 5.74) is 1.42. The number of nitrogens with one attached hydrogen (secondary N) is 1. The first-order chi connectivity index (χ1) is 7.88. The van der Waals surface area contributed by atoms with Gasteiger partial charge in [0.25, 0.3) is 0 Å². The number of ether oxygens (including phenoxy) is 1. The van der Waals surface area contributed by atoms with E-state index >= 15 is 0 Å². The van der Waals surface area contributed by atoms with Gasteiger partial charge in [0, 0.05) is 17.5 Å². The number of rotatable bonds is 4. The highest BCUT2D eigenvalue weighted by molar-refractivity contribution is 7.98. The smallest absolute Gasteiger partial charge is 0.0620 e.